The number of rotatable bonds is 4. The fraction of sp³-hybridized carbons (Fsp3) is 0.167. The maximum atomic E-state index is 12.6. The van der Waals surface area contributed by atoms with Crippen LogP contribution in [0.3, 0.4) is 0 Å². The molecule has 0 radical (unpaired) electrons. The van der Waals surface area contributed by atoms with Crippen molar-refractivity contribution < 1.29 is 4.79 Å². The van der Waals surface area contributed by atoms with Crippen molar-refractivity contribution in [3.05, 3.63) is 64.4 Å². The number of likely N-dealkylation sites (N-methyl/N-ethyl adjacent to an activating group) is 1. The third-order valence-electron chi connectivity index (χ3n) is 3.77. The Labute approximate surface area is 134 Å². The Balaban J connectivity index is 1.80. The van der Waals surface area contributed by atoms with Gasteiger partial charge in [0.25, 0.3) is 5.91 Å². The van der Waals surface area contributed by atoms with E-state index in [0.717, 1.165) is 17.2 Å². The molecule has 0 unspecified atom stereocenters. The molecular formula is C18H18N2OS. The number of amides is 1. The lowest BCUT2D eigenvalue weighted by molar-refractivity contribution is 0.0798. The van der Waals surface area contributed by atoms with Gasteiger partial charge in [-0.1, -0.05) is 30.3 Å². The van der Waals surface area contributed by atoms with Crippen LogP contribution < -0.4 is 5.73 Å². The van der Waals surface area contributed by atoms with E-state index < -0.39 is 0 Å². The van der Waals surface area contributed by atoms with Crippen molar-refractivity contribution in [2.24, 2.45) is 0 Å². The molecule has 3 rings (SSSR count). The van der Waals surface area contributed by atoms with Crippen LogP contribution in [0.2, 0.25) is 0 Å². The van der Waals surface area contributed by atoms with Crippen LogP contribution in [-0.2, 0) is 6.42 Å². The second kappa shape index (κ2) is 6.20. The zero-order valence-electron chi connectivity index (χ0n) is 12.5. The Kier molecular flexibility index (Phi) is 4.11. The molecule has 0 atom stereocenters. The summed E-state index contributed by atoms with van der Waals surface area (Å²) >= 11 is 1.71. The topological polar surface area (TPSA) is 46.3 Å². The lowest BCUT2D eigenvalue weighted by atomic mass is 10.0. The van der Waals surface area contributed by atoms with E-state index in [1.54, 1.807) is 16.2 Å². The van der Waals surface area contributed by atoms with Gasteiger partial charge >= 0.3 is 0 Å². The molecule has 0 fully saturated rings. The first-order valence-electron chi connectivity index (χ1n) is 7.21. The van der Waals surface area contributed by atoms with E-state index in [1.165, 1.54) is 4.88 Å². The average Bonchev–Trinajstić information content (AvgIpc) is 3.04. The van der Waals surface area contributed by atoms with Crippen molar-refractivity contribution >= 4 is 33.7 Å². The SMILES string of the molecule is CN(CCc1cccs1)C(=O)c1cc2ccccc2cc1N. The van der Waals surface area contributed by atoms with E-state index in [2.05, 4.69) is 11.4 Å². The van der Waals surface area contributed by atoms with Gasteiger partial charge in [0, 0.05) is 24.2 Å². The Morgan fingerprint density at radius 3 is 2.55 bits per heavy atom. The molecule has 2 aromatic carbocycles. The second-order valence-electron chi connectivity index (χ2n) is 5.34. The van der Waals surface area contributed by atoms with Gasteiger partial charge in [0.15, 0.2) is 0 Å². The van der Waals surface area contributed by atoms with Crippen LogP contribution in [0.25, 0.3) is 10.8 Å². The average molecular weight is 310 g/mol. The predicted molar refractivity (Wildman–Crippen MR) is 93.3 cm³/mol. The fourth-order valence-corrected chi connectivity index (χ4v) is 3.18. The number of thiophene rings is 1. The molecule has 0 aliphatic rings. The number of hydrogen-bond acceptors (Lipinski definition) is 3. The van der Waals surface area contributed by atoms with Gasteiger partial charge in [0.2, 0.25) is 0 Å². The van der Waals surface area contributed by atoms with E-state index in [1.807, 2.05) is 49.5 Å². The molecule has 0 aliphatic carbocycles. The lowest BCUT2D eigenvalue weighted by Gasteiger charge is -2.18. The maximum absolute atomic E-state index is 12.6. The number of fused-ring (bicyclic) bond motifs is 1. The van der Waals surface area contributed by atoms with Crippen LogP contribution in [0.5, 0.6) is 0 Å². The standard InChI is InChI=1S/C18H18N2OS/c1-20(9-8-15-7-4-10-22-15)18(21)16-11-13-5-2-3-6-14(13)12-17(16)19/h2-7,10-12H,8-9,19H2,1H3. The summed E-state index contributed by atoms with van der Waals surface area (Å²) in [5.74, 6) is -0.0280. The molecule has 3 nitrogen and oxygen atoms in total. The highest BCUT2D eigenvalue weighted by atomic mass is 32.1. The minimum absolute atomic E-state index is 0.0280. The summed E-state index contributed by atoms with van der Waals surface area (Å²) in [5, 5.41) is 4.14. The summed E-state index contributed by atoms with van der Waals surface area (Å²) in [6, 6.07) is 15.8. The molecule has 1 heterocycles. The van der Waals surface area contributed by atoms with E-state index in [-0.39, 0.29) is 5.91 Å². The maximum Gasteiger partial charge on any atom is 0.255 e. The summed E-state index contributed by atoms with van der Waals surface area (Å²) in [7, 11) is 1.82. The number of anilines is 1. The zero-order valence-corrected chi connectivity index (χ0v) is 13.3. The van der Waals surface area contributed by atoms with E-state index in [0.29, 0.717) is 17.8 Å². The van der Waals surface area contributed by atoms with Gasteiger partial charge < -0.3 is 10.6 Å². The predicted octanol–water partition coefficient (Wildman–Crippen LogP) is 3.80. The number of carbonyl (C=O) groups excluding carboxylic acids is 1. The first-order chi connectivity index (χ1) is 10.6. The highest BCUT2D eigenvalue weighted by Crippen LogP contribution is 2.23. The number of benzene rings is 2. The molecule has 22 heavy (non-hydrogen) atoms. The zero-order chi connectivity index (χ0) is 15.5. The monoisotopic (exact) mass is 310 g/mol. The molecule has 4 heteroatoms. The van der Waals surface area contributed by atoms with Crippen molar-refractivity contribution in [3.63, 3.8) is 0 Å². The molecule has 0 bridgehead atoms. The number of nitrogens with two attached hydrogens (primary N) is 1. The summed E-state index contributed by atoms with van der Waals surface area (Å²) in [6.07, 6.45) is 0.868. The highest BCUT2D eigenvalue weighted by Gasteiger charge is 2.15. The fourth-order valence-electron chi connectivity index (χ4n) is 2.48. The van der Waals surface area contributed by atoms with Crippen molar-refractivity contribution in [2.75, 3.05) is 19.3 Å². The number of carbonyl (C=O) groups is 1. The van der Waals surface area contributed by atoms with Crippen molar-refractivity contribution in [1.82, 2.24) is 4.90 Å². The lowest BCUT2D eigenvalue weighted by Crippen LogP contribution is -2.29. The van der Waals surface area contributed by atoms with E-state index >= 15 is 0 Å². The Morgan fingerprint density at radius 1 is 1.14 bits per heavy atom. The van der Waals surface area contributed by atoms with Crippen LogP contribution in [0.1, 0.15) is 15.2 Å². The van der Waals surface area contributed by atoms with Crippen LogP contribution in [0.4, 0.5) is 5.69 Å². The third-order valence-corrected chi connectivity index (χ3v) is 4.70. The molecule has 0 spiro atoms. The summed E-state index contributed by atoms with van der Waals surface area (Å²) in [5.41, 5.74) is 7.18. The van der Waals surface area contributed by atoms with Crippen LogP contribution >= 0.6 is 11.3 Å². The Morgan fingerprint density at radius 2 is 1.86 bits per heavy atom. The second-order valence-corrected chi connectivity index (χ2v) is 6.37. The third kappa shape index (κ3) is 2.97. The van der Waals surface area contributed by atoms with Gasteiger partial charge in [-0.2, -0.15) is 0 Å². The van der Waals surface area contributed by atoms with E-state index in [9.17, 15) is 4.79 Å². The van der Waals surface area contributed by atoms with Crippen LogP contribution in [-0.4, -0.2) is 24.4 Å². The van der Waals surface area contributed by atoms with E-state index in [4.69, 9.17) is 5.73 Å². The number of hydrogen-bond donors (Lipinski definition) is 1. The normalized spacial score (nSPS) is 10.8. The summed E-state index contributed by atoms with van der Waals surface area (Å²) in [4.78, 5) is 15.6. The molecule has 112 valence electrons. The Hall–Kier alpha value is -2.33. The molecule has 0 aliphatic heterocycles. The molecule has 0 saturated carbocycles. The smallest absolute Gasteiger partial charge is 0.255 e. The number of nitrogen functional groups attached to an aromatic ring is 1. The molecule has 0 saturated heterocycles. The largest absolute Gasteiger partial charge is 0.398 e. The summed E-state index contributed by atoms with van der Waals surface area (Å²) in [6.45, 7) is 0.686. The molecule has 1 amide bonds. The number of nitrogens with zero attached hydrogens (tertiary/aromatic N) is 1. The Bertz CT molecular complexity index is 796. The minimum Gasteiger partial charge on any atom is -0.398 e. The van der Waals surface area contributed by atoms with Gasteiger partial charge in [-0.25, -0.2) is 0 Å². The van der Waals surface area contributed by atoms with Crippen molar-refractivity contribution in [3.8, 4) is 0 Å². The van der Waals surface area contributed by atoms with Gasteiger partial charge in [0.05, 0.1) is 5.56 Å². The van der Waals surface area contributed by atoms with Gasteiger partial charge in [-0.05, 0) is 40.8 Å². The van der Waals surface area contributed by atoms with Gasteiger partial charge in [-0.3, -0.25) is 4.79 Å². The summed E-state index contributed by atoms with van der Waals surface area (Å²) < 4.78 is 0. The molecule has 1 aromatic heterocycles. The molecule has 3 aromatic rings. The van der Waals surface area contributed by atoms with Crippen molar-refractivity contribution in [1.29, 1.82) is 0 Å². The van der Waals surface area contributed by atoms with Crippen LogP contribution in [0.15, 0.2) is 53.9 Å². The van der Waals surface area contributed by atoms with Gasteiger partial charge in [0.1, 0.15) is 0 Å². The minimum atomic E-state index is -0.0280. The van der Waals surface area contributed by atoms with Gasteiger partial charge in [-0.15, -0.1) is 11.3 Å². The quantitative estimate of drug-likeness (QED) is 0.745. The first-order valence-corrected chi connectivity index (χ1v) is 8.09. The van der Waals surface area contributed by atoms with Crippen LogP contribution in [0, 0.1) is 0 Å². The van der Waals surface area contributed by atoms with Crippen molar-refractivity contribution in [2.45, 2.75) is 6.42 Å². The first kappa shape index (κ1) is 14.6. The highest BCUT2D eigenvalue weighted by molar-refractivity contribution is 7.09. The molecular weight excluding hydrogens is 292 g/mol. The molecule has 2 N–H and O–H groups in total.